The molecule has 68 heavy (non-hydrogen) atoms. The van der Waals surface area contributed by atoms with Crippen molar-refractivity contribution in [1.82, 2.24) is 5.32 Å². The minimum absolute atomic E-state index is 0.202. The molecule has 392 valence electrons. The Morgan fingerprint density at radius 2 is 0.926 bits per heavy atom. The van der Waals surface area contributed by atoms with Crippen molar-refractivity contribution in [1.29, 1.82) is 0 Å². The SMILES string of the molecule is CC/C=C\C/C=C\C/C=C\C/C=C\CCCCCCCCCCC(=O)NC(COC1OC(CO)C(O)C(O)C1O)C(O)/C=C/CC/C=C/CC/C=C/CCCCCCCCCCCCCCCC. The number of aliphatic hydroxyl groups excluding tert-OH is 5. The van der Waals surface area contributed by atoms with Crippen LogP contribution < -0.4 is 5.32 Å². The van der Waals surface area contributed by atoms with E-state index in [1.165, 1.54) is 122 Å². The van der Waals surface area contributed by atoms with Crippen LogP contribution in [0.1, 0.15) is 226 Å². The van der Waals surface area contributed by atoms with E-state index in [1.54, 1.807) is 6.08 Å². The first kappa shape index (κ1) is 63.4. The third-order valence-electron chi connectivity index (χ3n) is 12.7. The fourth-order valence-electron chi connectivity index (χ4n) is 8.30. The van der Waals surface area contributed by atoms with Gasteiger partial charge in [-0.25, -0.2) is 0 Å². The lowest BCUT2D eigenvalue weighted by Gasteiger charge is -2.40. The van der Waals surface area contributed by atoms with Gasteiger partial charge in [-0.05, 0) is 83.5 Å². The summed E-state index contributed by atoms with van der Waals surface area (Å²) in [6.07, 6.45) is 60.7. The van der Waals surface area contributed by atoms with Gasteiger partial charge < -0.3 is 40.3 Å². The van der Waals surface area contributed by atoms with Crippen LogP contribution in [0.15, 0.2) is 85.1 Å². The van der Waals surface area contributed by atoms with Crippen molar-refractivity contribution in [2.75, 3.05) is 13.2 Å². The summed E-state index contributed by atoms with van der Waals surface area (Å²) in [4.78, 5) is 13.0. The first-order chi connectivity index (χ1) is 33.3. The van der Waals surface area contributed by atoms with Crippen LogP contribution in [0.5, 0.6) is 0 Å². The van der Waals surface area contributed by atoms with Crippen LogP contribution in [-0.4, -0.2) is 87.5 Å². The van der Waals surface area contributed by atoms with E-state index in [4.69, 9.17) is 9.47 Å². The van der Waals surface area contributed by atoms with Gasteiger partial charge in [-0.2, -0.15) is 0 Å². The lowest BCUT2D eigenvalue weighted by molar-refractivity contribution is -0.302. The van der Waals surface area contributed by atoms with Crippen molar-refractivity contribution >= 4 is 5.91 Å². The van der Waals surface area contributed by atoms with E-state index in [9.17, 15) is 30.3 Å². The third kappa shape index (κ3) is 37.2. The average molecular weight is 954 g/mol. The number of carbonyl (C=O) groups is 1. The first-order valence-electron chi connectivity index (χ1n) is 27.8. The first-order valence-corrected chi connectivity index (χ1v) is 27.8. The molecule has 1 amide bonds. The van der Waals surface area contributed by atoms with Crippen molar-refractivity contribution in [3.63, 3.8) is 0 Å². The number of unbranched alkanes of at least 4 members (excludes halogenated alkanes) is 24. The van der Waals surface area contributed by atoms with E-state index in [0.29, 0.717) is 6.42 Å². The molecular weight excluding hydrogens is 851 g/mol. The summed E-state index contributed by atoms with van der Waals surface area (Å²) in [6.45, 7) is 3.64. The highest BCUT2D eigenvalue weighted by Gasteiger charge is 2.44. The quantitative estimate of drug-likeness (QED) is 0.0261. The molecule has 9 heteroatoms. The van der Waals surface area contributed by atoms with Gasteiger partial charge in [-0.15, -0.1) is 0 Å². The summed E-state index contributed by atoms with van der Waals surface area (Å²) < 4.78 is 11.2. The predicted octanol–water partition coefficient (Wildman–Crippen LogP) is 13.5. The summed E-state index contributed by atoms with van der Waals surface area (Å²) in [7, 11) is 0. The molecule has 0 bridgehead atoms. The molecule has 0 spiro atoms. The van der Waals surface area contributed by atoms with Crippen LogP contribution in [0.2, 0.25) is 0 Å². The highest BCUT2D eigenvalue weighted by atomic mass is 16.7. The van der Waals surface area contributed by atoms with Gasteiger partial charge in [0.25, 0.3) is 0 Å². The second-order valence-corrected chi connectivity index (χ2v) is 19.0. The summed E-state index contributed by atoms with van der Waals surface area (Å²) >= 11 is 0. The number of rotatable bonds is 46. The Labute approximate surface area is 416 Å². The normalized spacial score (nSPS) is 20.2. The molecule has 1 heterocycles. The fourth-order valence-corrected chi connectivity index (χ4v) is 8.30. The second kappa shape index (κ2) is 48.0. The van der Waals surface area contributed by atoms with Crippen LogP contribution in [-0.2, 0) is 14.3 Å². The molecule has 9 nitrogen and oxygen atoms in total. The van der Waals surface area contributed by atoms with Crippen molar-refractivity contribution in [2.24, 2.45) is 0 Å². The highest BCUT2D eigenvalue weighted by molar-refractivity contribution is 5.76. The van der Waals surface area contributed by atoms with E-state index in [0.717, 1.165) is 83.5 Å². The average Bonchev–Trinajstić information content (AvgIpc) is 3.34. The maximum absolute atomic E-state index is 13.0. The molecule has 1 rings (SSSR count). The molecule has 6 N–H and O–H groups in total. The Hall–Kier alpha value is -2.63. The van der Waals surface area contributed by atoms with Crippen molar-refractivity contribution in [2.45, 2.75) is 269 Å². The monoisotopic (exact) mass is 954 g/mol. The molecule has 1 aliphatic rings. The molecule has 1 fully saturated rings. The zero-order valence-corrected chi connectivity index (χ0v) is 43.3. The maximum atomic E-state index is 13.0. The maximum Gasteiger partial charge on any atom is 0.220 e. The van der Waals surface area contributed by atoms with Crippen LogP contribution in [0.3, 0.4) is 0 Å². The Balaban J connectivity index is 2.31. The Morgan fingerprint density at radius 3 is 1.41 bits per heavy atom. The molecule has 1 saturated heterocycles. The number of ether oxygens (including phenoxy) is 2. The van der Waals surface area contributed by atoms with Gasteiger partial charge in [0.05, 0.1) is 25.4 Å². The molecule has 7 unspecified atom stereocenters. The number of hydrogen-bond acceptors (Lipinski definition) is 8. The minimum atomic E-state index is -1.58. The number of hydrogen-bond donors (Lipinski definition) is 6. The Bertz CT molecular complexity index is 1340. The van der Waals surface area contributed by atoms with E-state index in [2.05, 4.69) is 92.1 Å². The van der Waals surface area contributed by atoms with Crippen LogP contribution >= 0.6 is 0 Å². The van der Waals surface area contributed by atoms with E-state index in [-0.39, 0.29) is 12.5 Å². The summed E-state index contributed by atoms with van der Waals surface area (Å²) in [5, 5.41) is 54.4. The molecule has 0 aliphatic carbocycles. The zero-order chi connectivity index (χ0) is 49.4. The van der Waals surface area contributed by atoms with Gasteiger partial charge >= 0.3 is 0 Å². The minimum Gasteiger partial charge on any atom is -0.394 e. The Morgan fingerprint density at radius 1 is 0.515 bits per heavy atom. The smallest absolute Gasteiger partial charge is 0.220 e. The van der Waals surface area contributed by atoms with E-state index in [1.807, 2.05) is 6.08 Å². The number of carbonyl (C=O) groups excluding carboxylic acids is 1. The molecule has 0 aromatic rings. The van der Waals surface area contributed by atoms with Crippen molar-refractivity contribution < 1.29 is 39.8 Å². The van der Waals surface area contributed by atoms with E-state index >= 15 is 0 Å². The summed E-state index contributed by atoms with van der Waals surface area (Å²) in [5.41, 5.74) is 0. The van der Waals surface area contributed by atoms with E-state index < -0.39 is 49.5 Å². The second-order valence-electron chi connectivity index (χ2n) is 19.0. The van der Waals surface area contributed by atoms with Gasteiger partial charge in [0.15, 0.2) is 6.29 Å². The molecule has 1 aliphatic heterocycles. The number of nitrogens with one attached hydrogen (secondary N) is 1. The molecule has 0 saturated carbocycles. The van der Waals surface area contributed by atoms with Gasteiger partial charge in [-0.3, -0.25) is 4.79 Å². The van der Waals surface area contributed by atoms with Gasteiger partial charge in [0.1, 0.15) is 24.4 Å². The largest absolute Gasteiger partial charge is 0.394 e. The molecule has 0 radical (unpaired) electrons. The molecule has 0 aromatic carbocycles. The number of amides is 1. The number of allylic oxidation sites excluding steroid dienone is 13. The molecule has 7 atom stereocenters. The molecule has 0 aromatic heterocycles. The lowest BCUT2D eigenvalue weighted by Crippen LogP contribution is -2.60. The predicted molar refractivity (Wildman–Crippen MR) is 285 cm³/mol. The summed E-state index contributed by atoms with van der Waals surface area (Å²) in [5.74, 6) is -0.202. The van der Waals surface area contributed by atoms with Gasteiger partial charge in [0.2, 0.25) is 5.91 Å². The summed E-state index contributed by atoms with van der Waals surface area (Å²) in [6, 6.07) is -0.838. The lowest BCUT2D eigenvalue weighted by atomic mass is 9.99. The Kier molecular flexibility index (Phi) is 44.8. The standard InChI is InChI=1S/C59H103NO8/c1-3-5-7-9-11-13-15-17-19-21-23-25-26-27-29-30-32-34-36-38-40-42-44-46-48-53(62)52(51-67-59-58(66)57(65)56(64)54(50-61)68-59)60-55(63)49-47-45-43-41-39-37-35-33-31-28-24-22-20-18-16-14-12-10-8-6-4-2/h6,8,12,14,18,20,24,28,30,32,38,40,46,48,52-54,56-59,61-62,64-66H,3-5,7,9-11,13,15-17,19,21-23,25-27,29,31,33-37,39,41-45,47,49-51H2,1-2H3,(H,60,63)/b8-6-,14-12-,20-18-,28-24-,32-30+,40-38+,48-46+. The topological polar surface area (TPSA) is 149 Å². The van der Waals surface area contributed by atoms with Crippen LogP contribution in [0.4, 0.5) is 0 Å². The van der Waals surface area contributed by atoms with Crippen LogP contribution in [0.25, 0.3) is 0 Å². The van der Waals surface area contributed by atoms with Crippen LogP contribution in [0, 0.1) is 0 Å². The zero-order valence-electron chi connectivity index (χ0n) is 43.3. The molecular formula is C59H103NO8. The van der Waals surface area contributed by atoms with Gasteiger partial charge in [-0.1, -0.05) is 221 Å². The third-order valence-corrected chi connectivity index (χ3v) is 12.7. The fraction of sp³-hybridized carbons (Fsp3) is 0.746. The van der Waals surface area contributed by atoms with Crippen molar-refractivity contribution in [3.8, 4) is 0 Å². The number of aliphatic hydroxyl groups is 5. The highest BCUT2D eigenvalue weighted by Crippen LogP contribution is 2.23. The van der Waals surface area contributed by atoms with Gasteiger partial charge in [0, 0.05) is 6.42 Å². The van der Waals surface area contributed by atoms with Crippen molar-refractivity contribution in [3.05, 3.63) is 85.1 Å².